The number of anilines is 1. The maximum atomic E-state index is 12.9. The summed E-state index contributed by atoms with van der Waals surface area (Å²) in [6.07, 6.45) is 0.134. The van der Waals surface area contributed by atoms with Gasteiger partial charge in [0.05, 0.1) is 12.1 Å². The summed E-state index contributed by atoms with van der Waals surface area (Å²) in [5, 5.41) is 7.62. The van der Waals surface area contributed by atoms with E-state index in [1.807, 2.05) is 31.2 Å². The first-order chi connectivity index (χ1) is 13.0. The molecule has 0 aliphatic rings. The number of amides is 2. The summed E-state index contributed by atoms with van der Waals surface area (Å²) in [7, 11) is 0. The maximum absolute atomic E-state index is 12.9. The number of nitrogens with zero attached hydrogens (tertiary/aromatic N) is 1. The van der Waals surface area contributed by atoms with E-state index in [1.165, 1.54) is 41.2 Å². The van der Waals surface area contributed by atoms with Gasteiger partial charge in [-0.15, -0.1) is 11.3 Å². The number of rotatable bonds is 6. The van der Waals surface area contributed by atoms with Crippen molar-refractivity contribution in [1.29, 1.82) is 0 Å². The Kier molecular flexibility index (Phi) is 5.93. The molecule has 138 valence electrons. The number of halogens is 1. The van der Waals surface area contributed by atoms with Crippen LogP contribution >= 0.6 is 11.3 Å². The van der Waals surface area contributed by atoms with Crippen LogP contribution in [0.3, 0.4) is 0 Å². The van der Waals surface area contributed by atoms with Gasteiger partial charge in [-0.2, -0.15) is 0 Å². The standard InChI is InChI=1S/C20H18FN3O2S/c1-13-2-4-14(5-3-13)11-22-18(25)10-17-12-27-20(23-17)24-19(26)15-6-8-16(21)9-7-15/h2-9,12H,10-11H2,1H3,(H,22,25)(H,23,24,26). The van der Waals surface area contributed by atoms with Gasteiger partial charge in [-0.3, -0.25) is 14.9 Å². The minimum atomic E-state index is -0.403. The molecule has 3 aromatic rings. The number of aromatic nitrogens is 1. The molecule has 3 rings (SSSR count). The van der Waals surface area contributed by atoms with Gasteiger partial charge in [0.15, 0.2) is 5.13 Å². The highest BCUT2D eigenvalue weighted by molar-refractivity contribution is 7.14. The highest BCUT2D eigenvalue weighted by atomic mass is 32.1. The third-order valence-electron chi connectivity index (χ3n) is 3.83. The Morgan fingerprint density at radius 1 is 1.07 bits per heavy atom. The lowest BCUT2D eigenvalue weighted by atomic mass is 10.1. The molecule has 0 unspecified atom stereocenters. The first-order valence-corrected chi connectivity index (χ1v) is 9.21. The lowest BCUT2D eigenvalue weighted by Gasteiger charge is -2.05. The molecular formula is C20H18FN3O2S. The van der Waals surface area contributed by atoms with Crippen molar-refractivity contribution in [3.05, 3.63) is 82.1 Å². The van der Waals surface area contributed by atoms with Crippen LogP contribution < -0.4 is 10.6 Å². The lowest BCUT2D eigenvalue weighted by Crippen LogP contribution is -2.24. The van der Waals surface area contributed by atoms with Crippen LogP contribution in [0.15, 0.2) is 53.9 Å². The van der Waals surface area contributed by atoms with Crippen LogP contribution in [-0.4, -0.2) is 16.8 Å². The van der Waals surface area contributed by atoms with E-state index < -0.39 is 5.82 Å². The number of aryl methyl sites for hydroxylation is 1. The molecule has 1 aromatic heterocycles. The van der Waals surface area contributed by atoms with Gasteiger partial charge in [-0.1, -0.05) is 29.8 Å². The van der Waals surface area contributed by atoms with Crippen molar-refractivity contribution in [2.75, 3.05) is 5.32 Å². The number of hydrogen-bond donors (Lipinski definition) is 2. The van der Waals surface area contributed by atoms with Crippen LogP contribution in [-0.2, 0) is 17.8 Å². The molecule has 0 aliphatic heterocycles. The predicted octanol–water partition coefficient (Wildman–Crippen LogP) is 3.70. The van der Waals surface area contributed by atoms with Gasteiger partial charge in [0, 0.05) is 17.5 Å². The van der Waals surface area contributed by atoms with Crippen molar-refractivity contribution in [3.63, 3.8) is 0 Å². The molecule has 0 saturated heterocycles. The molecule has 5 nitrogen and oxygen atoms in total. The third-order valence-corrected chi connectivity index (χ3v) is 4.64. The molecule has 2 aromatic carbocycles. The molecular weight excluding hydrogens is 365 g/mol. The van der Waals surface area contributed by atoms with Gasteiger partial charge in [0.1, 0.15) is 5.82 Å². The van der Waals surface area contributed by atoms with Crippen molar-refractivity contribution in [2.24, 2.45) is 0 Å². The second-order valence-electron chi connectivity index (χ2n) is 6.04. The van der Waals surface area contributed by atoms with Crippen molar-refractivity contribution >= 4 is 28.3 Å². The van der Waals surface area contributed by atoms with E-state index in [0.29, 0.717) is 22.9 Å². The first kappa shape index (κ1) is 18.7. The summed E-state index contributed by atoms with van der Waals surface area (Å²) < 4.78 is 12.9. The second-order valence-corrected chi connectivity index (χ2v) is 6.90. The zero-order valence-electron chi connectivity index (χ0n) is 14.7. The van der Waals surface area contributed by atoms with E-state index in [2.05, 4.69) is 15.6 Å². The van der Waals surface area contributed by atoms with Crippen molar-refractivity contribution in [2.45, 2.75) is 19.9 Å². The quantitative estimate of drug-likeness (QED) is 0.682. The molecule has 0 radical (unpaired) electrons. The molecule has 0 saturated carbocycles. The SMILES string of the molecule is Cc1ccc(CNC(=O)Cc2csc(NC(=O)c3ccc(F)cc3)n2)cc1. The van der Waals surface area contributed by atoms with Crippen LogP contribution in [0.5, 0.6) is 0 Å². The smallest absolute Gasteiger partial charge is 0.257 e. The van der Waals surface area contributed by atoms with Gasteiger partial charge in [0.2, 0.25) is 5.91 Å². The summed E-state index contributed by atoms with van der Waals surface area (Å²) in [4.78, 5) is 28.4. The maximum Gasteiger partial charge on any atom is 0.257 e. The molecule has 27 heavy (non-hydrogen) atoms. The minimum absolute atomic E-state index is 0.134. The number of carbonyl (C=O) groups is 2. The van der Waals surface area contributed by atoms with Crippen LogP contribution in [0.25, 0.3) is 0 Å². The molecule has 1 heterocycles. The monoisotopic (exact) mass is 383 g/mol. The fraction of sp³-hybridized carbons (Fsp3) is 0.150. The highest BCUT2D eigenvalue weighted by Gasteiger charge is 2.11. The summed E-state index contributed by atoms with van der Waals surface area (Å²) in [5.41, 5.74) is 3.11. The van der Waals surface area contributed by atoms with E-state index in [1.54, 1.807) is 5.38 Å². The lowest BCUT2D eigenvalue weighted by molar-refractivity contribution is -0.120. The Morgan fingerprint density at radius 3 is 2.48 bits per heavy atom. The first-order valence-electron chi connectivity index (χ1n) is 8.33. The predicted molar refractivity (Wildman–Crippen MR) is 103 cm³/mol. The molecule has 0 spiro atoms. The molecule has 2 N–H and O–H groups in total. The third kappa shape index (κ3) is 5.46. The summed E-state index contributed by atoms with van der Waals surface area (Å²) in [6, 6.07) is 13.2. The van der Waals surface area contributed by atoms with Crippen molar-refractivity contribution in [3.8, 4) is 0 Å². The van der Waals surface area contributed by atoms with Gasteiger partial charge in [-0.25, -0.2) is 9.37 Å². The Balaban J connectivity index is 1.51. The van der Waals surface area contributed by atoms with E-state index in [9.17, 15) is 14.0 Å². The van der Waals surface area contributed by atoms with Crippen molar-refractivity contribution < 1.29 is 14.0 Å². The van der Waals surface area contributed by atoms with Gasteiger partial charge >= 0.3 is 0 Å². The molecule has 0 bridgehead atoms. The Bertz CT molecular complexity index is 937. The molecule has 2 amide bonds. The second kappa shape index (κ2) is 8.55. The fourth-order valence-corrected chi connectivity index (χ4v) is 3.05. The molecule has 0 atom stereocenters. The van der Waals surface area contributed by atoms with E-state index >= 15 is 0 Å². The van der Waals surface area contributed by atoms with Crippen molar-refractivity contribution in [1.82, 2.24) is 10.3 Å². The van der Waals surface area contributed by atoms with E-state index in [0.717, 1.165) is 5.56 Å². The minimum Gasteiger partial charge on any atom is -0.352 e. The van der Waals surface area contributed by atoms with Crippen LogP contribution in [0.2, 0.25) is 0 Å². The van der Waals surface area contributed by atoms with Gasteiger partial charge in [-0.05, 0) is 36.8 Å². The number of thiazole rings is 1. The molecule has 0 aliphatic carbocycles. The fourth-order valence-electron chi connectivity index (χ4n) is 2.35. The number of nitrogens with one attached hydrogen (secondary N) is 2. The number of benzene rings is 2. The highest BCUT2D eigenvalue weighted by Crippen LogP contribution is 2.17. The van der Waals surface area contributed by atoms with Crippen LogP contribution in [0.1, 0.15) is 27.2 Å². The summed E-state index contributed by atoms with van der Waals surface area (Å²) in [6.45, 7) is 2.47. The number of carbonyl (C=O) groups excluding carboxylic acids is 2. The Hall–Kier alpha value is -3.06. The topological polar surface area (TPSA) is 71.1 Å². The van der Waals surface area contributed by atoms with Gasteiger partial charge in [0.25, 0.3) is 5.91 Å². The summed E-state index contributed by atoms with van der Waals surface area (Å²) in [5.74, 6) is -0.920. The van der Waals surface area contributed by atoms with Crippen LogP contribution in [0, 0.1) is 12.7 Å². The van der Waals surface area contributed by atoms with E-state index in [4.69, 9.17) is 0 Å². The zero-order valence-corrected chi connectivity index (χ0v) is 15.5. The number of hydrogen-bond acceptors (Lipinski definition) is 4. The normalized spacial score (nSPS) is 10.4. The Morgan fingerprint density at radius 2 is 1.78 bits per heavy atom. The largest absolute Gasteiger partial charge is 0.352 e. The molecule has 7 heteroatoms. The summed E-state index contributed by atoms with van der Waals surface area (Å²) >= 11 is 1.24. The van der Waals surface area contributed by atoms with Gasteiger partial charge < -0.3 is 5.32 Å². The molecule has 0 fully saturated rings. The zero-order chi connectivity index (χ0) is 19.2. The Labute approximate surface area is 160 Å². The average Bonchev–Trinajstić information content (AvgIpc) is 3.08. The van der Waals surface area contributed by atoms with E-state index in [-0.39, 0.29) is 18.2 Å². The van der Waals surface area contributed by atoms with Crippen LogP contribution in [0.4, 0.5) is 9.52 Å². The average molecular weight is 383 g/mol.